The number of imidazole rings is 1. The molecule has 0 fully saturated rings. The second kappa shape index (κ2) is 5.03. The molecule has 8 heteroatoms. The van der Waals surface area contributed by atoms with Crippen LogP contribution < -0.4 is 0 Å². The Bertz CT molecular complexity index is 783. The van der Waals surface area contributed by atoms with E-state index in [2.05, 4.69) is 15.1 Å². The molecule has 2 aromatic heterocycles. The fourth-order valence-corrected chi connectivity index (χ4v) is 2.35. The molecule has 0 saturated carbocycles. The molecule has 0 aliphatic rings. The third-order valence-corrected chi connectivity index (χ3v) is 3.38. The number of benzene rings is 1. The molecule has 0 amide bonds. The van der Waals surface area contributed by atoms with Crippen LogP contribution in [0.3, 0.4) is 0 Å². The zero-order valence-corrected chi connectivity index (χ0v) is 11.9. The van der Waals surface area contributed by atoms with Crippen molar-refractivity contribution in [1.29, 1.82) is 0 Å². The van der Waals surface area contributed by atoms with Crippen LogP contribution in [-0.2, 0) is 12.4 Å². The van der Waals surface area contributed by atoms with Crippen molar-refractivity contribution in [2.45, 2.75) is 19.3 Å². The van der Waals surface area contributed by atoms with Crippen molar-refractivity contribution in [1.82, 2.24) is 19.7 Å². The number of hydrogen-bond donors (Lipinski definition) is 0. The van der Waals surface area contributed by atoms with Crippen molar-refractivity contribution in [3.8, 4) is 0 Å². The molecule has 0 aliphatic heterocycles. The van der Waals surface area contributed by atoms with Gasteiger partial charge in [0, 0.05) is 6.07 Å². The number of alkyl halides is 1. The third-order valence-electron chi connectivity index (χ3n) is 2.85. The van der Waals surface area contributed by atoms with Gasteiger partial charge in [-0.05, 0) is 13.0 Å². The monoisotopic (exact) mass is 314 g/mol. The van der Waals surface area contributed by atoms with E-state index in [1.807, 2.05) is 0 Å². The lowest BCUT2D eigenvalue weighted by atomic mass is 10.3. The van der Waals surface area contributed by atoms with Crippen LogP contribution in [0.25, 0.3) is 11.0 Å². The summed E-state index contributed by atoms with van der Waals surface area (Å²) in [6, 6.07) is 2.79. The Balaban J connectivity index is 2.14. The molecule has 0 atom stereocenters. The predicted octanol–water partition coefficient (Wildman–Crippen LogP) is 3.31. The summed E-state index contributed by atoms with van der Waals surface area (Å²) in [5.74, 6) is 1.22. The highest BCUT2D eigenvalue weighted by Gasteiger charge is 2.15. The lowest BCUT2D eigenvalue weighted by Gasteiger charge is -2.04. The molecule has 104 valence electrons. The average molecular weight is 315 g/mol. The van der Waals surface area contributed by atoms with Gasteiger partial charge in [0.05, 0.1) is 21.9 Å². The summed E-state index contributed by atoms with van der Waals surface area (Å²) in [5.41, 5.74) is 1.15. The molecule has 2 heterocycles. The van der Waals surface area contributed by atoms with Crippen molar-refractivity contribution >= 4 is 34.2 Å². The van der Waals surface area contributed by atoms with Gasteiger partial charge >= 0.3 is 0 Å². The molecule has 0 spiro atoms. The standard InChI is InChI=1S/C12H9Cl2FN4O/c1-6-16-12(20-18-6)5-19-10-2-7(14)8(15)3-9(10)17-11(19)4-13/h2-3H,4-5H2,1H3. The molecule has 0 saturated heterocycles. The van der Waals surface area contributed by atoms with Crippen LogP contribution in [0.5, 0.6) is 0 Å². The summed E-state index contributed by atoms with van der Waals surface area (Å²) in [6.45, 7) is 2.04. The SMILES string of the molecule is Cc1noc(Cn2c(CCl)nc3cc(F)c(Cl)cc32)n1. The fourth-order valence-electron chi connectivity index (χ4n) is 1.99. The van der Waals surface area contributed by atoms with Crippen LogP contribution in [0.4, 0.5) is 4.39 Å². The normalized spacial score (nSPS) is 11.4. The van der Waals surface area contributed by atoms with E-state index in [4.69, 9.17) is 27.7 Å². The van der Waals surface area contributed by atoms with Crippen molar-refractivity contribution in [2.75, 3.05) is 0 Å². The van der Waals surface area contributed by atoms with Crippen LogP contribution in [0.15, 0.2) is 16.7 Å². The van der Waals surface area contributed by atoms with Crippen LogP contribution in [0, 0.1) is 12.7 Å². The predicted molar refractivity (Wildman–Crippen MR) is 72.4 cm³/mol. The molecule has 0 bridgehead atoms. The number of hydrogen-bond acceptors (Lipinski definition) is 4. The molecule has 0 aliphatic carbocycles. The second-order valence-electron chi connectivity index (χ2n) is 4.24. The Kier molecular flexibility index (Phi) is 3.35. The minimum atomic E-state index is -0.515. The van der Waals surface area contributed by atoms with E-state index < -0.39 is 5.82 Å². The van der Waals surface area contributed by atoms with E-state index in [1.165, 1.54) is 12.1 Å². The third kappa shape index (κ3) is 2.25. The number of nitrogens with zero attached hydrogens (tertiary/aromatic N) is 4. The van der Waals surface area contributed by atoms with Gasteiger partial charge in [-0.1, -0.05) is 16.8 Å². The highest BCUT2D eigenvalue weighted by atomic mass is 35.5. The van der Waals surface area contributed by atoms with Crippen molar-refractivity contribution in [2.24, 2.45) is 0 Å². The summed E-state index contributed by atoms with van der Waals surface area (Å²) in [6.07, 6.45) is 0. The van der Waals surface area contributed by atoms with Crippen LogP contribution in [-0.4, -0.2) is 19.7 Å². The van der Waals surface area contributed by atoms with E-state index in [0.717, 1.165) is 0 Å². The number of aromatic nitrogens is 4. The Morgan fingerprint density at radius 1 is 1.35 bits per heavy atom. The van der Waals surface area contributed by atoms with Crippen molar-refractivity contribution in [3.63, 3.8) is 0 Å². The number of halogens is 3. The first kappa shape index (κ1) is 13.3. The highest BCUT2D eigenvalue weighted by Crippen LogP contribution is 2.25. The van der Waals surface area contributed by atoms with Gasteiger partial charge in [-0.25, -0.2) is 9.37 Å². The largest absolute Gasteiger partial charge is 0.337 e. The van der Waals surface area contributed by atoms with E-state index >= 15 is 0 Å². The Labute approximate surface area is 123 Å². The fraction of sp³-hybridized carbons (Fsp3) is 0.250. The van der Waals surface area contributed by atoms with E-state index in [-0.39, 0.29) is 10.9 Å². The zero-order valence-electron chi connectivity index (χ0n) is 10.4. The van der Waals surface area contributed by atoms with E-state index in [1.54, 1.807) is 11.5 Å². The number of rotatable bonds is 3. The smallest absolute Gasteiger partial charge is 0.246 e. The number of aryl methyl sites for hydroxylation is 1. The van der Waals surface area contributed by atoms with Gasteiger partial charge in [0.25, 0.3) is 0 Å². The molecule has 20 heavy (non-hydrogen) atoms. The Morgan fingerprint density at radius 2 is 2.15 bits per heavy atom. The Hall–Kier alpha value is -1.66. The molecule has 3 aromatic rings. The number of fused-ring (bicyclic) bond motifs is 1. The minimum absolute atomic E-state index is 0.0292. The zero-order chi connectivity index (χ0) is 14.3. The summed E-state index contributed by atoms with van der Waals surface area (Å²) in [4.78, 5) is 8.41. The first-order valence-corrected chi connectivity index (χ1v) is 6.69. The summed E-state index contributed by atoms with van der Waals surface area (Å²) in [5, 5.41) is 3.75. The average Bonchev–Trinajstić information content (AvgIpc) is 2.96. The molecular weight excluding hydrogens is 306 g/mol. The molecule has 5 nitrogen and oxygen atoms in total. The second-order valence-corrected chi connectivity index (χ2v) is 4.91. The van der Waals surface area contributed by atoms with Crippen LogP contribution in [0.1, 0.15) is 17.5 Å². The van der Waals surface area contributed by atoms with Gasteiger partial charge in [-0.2, -0.15) is 4.98 Å². The van der Waals surface area contributed by atoms with Gasteiger partial charge in [0.1, 0.15) is 18.2 Å². The summed E-state index contributed by atoms with van der Waals surface area (Å²) >= 11 is 11.7. The van der Waals surface area contributed by atoms with E-state index in [9.17, 15) is 4.39 Å². The van der Waals surface area contributed by atoms with Crippen LogP contribution >= 0.6 is 23.2 Å². The molecule has 1 aromatic carbocycles. The summed E-state index contributed by atoms with van der Waals surface area (Å²) < 4.78 is 20.3. The van der Waals surface area contributed by atoms with Crippen molar-refractivity contribution in [3.05, 3.63) is 40.5 Å². The minimum Gasteiger partial charge on any atom is -0.337 e. The molecule has 0 unspecified atom stereocenters. The quantitative estimate of drug-likeness (QED) is 0.696. The molecule has 0 radical (unpaired) electrons. The Morgan fingerprint density at radius 3 is 2.80 bits per heavy atom. The van der Waals surface area contributed by atoms with Gasteiger partial charge in [-0.15, -0.1) is 11.6 Å². The van der Waals surface area contributed by atoms with Gasteiger partial charge in [-0.3, -0.25) is 0 Å². The maximum atomic E-state index is 13.5. The highest BCUT2D eigenvalue weighted by molar-refractivity contribution is 6.31. The van der Waals surface area contributed by atoms with Gasteiger partial charge in [0.2, 0.25) is 5.89 Å². The molecular formula is C12H9Cl2FN4O. The maximum Gasteiger partial charge on any atom is 0.246 e. The molecule has 0 N–H and O–H groups in total. The van der Waals surface area contributed by atoms with Gasteiger partial charge < -0.3 is 9.09 Å². The lowest BCUT2D eigenvalue weighted by Crippen LogP contribution is -2.04. The first-order chi connectivity index (χ1) is 9.58. The lowest BCUT2D eigenvalue weighted by molar-refractivity contribution is 0.368. The molecule has 3 rings (SSSR count). The van der Waals surface area contributed by atoms with Crippen LogP contribution in [0.2, 0.25) is 5.02 Å². The summed E-state index contributed by atoms with van der Waals surface area (Å²) in [7, 11) is 0. The van der Waals surface area contributed by atoms with Gasteiger partial charge in [0.15, 0.2) is 5.82 Å². The first-order valence-electron chi connectivity index (χ1n) is 5.78. The van der Waals surface area contributed by atoms with Crippen molar-refractivity contribution < 1.29 is 8.91 Å². The maximum absolute atomic E-state index is 13.5. The van der Waals surface area contributed by atoms with E-state index in [0.29, 0.717) is 35.1 Å². The topological polar surface area (TPSA) is 56.7 Å².